The van der Waals surface area contributed by atoms with Crippen LogP contribution < -0.4 is 19.7 Å². The number of ether oxygens (including phenoxy) is 3. The summed E-state index contributed by atoms with van der Waals surface area (Å²) in [4.78, 5) is 19.2. The van der Waals surface area contributed by atoms with Crippen molar-refractivity contribution < 1.29 is 19.0 Å². The summed E-state index contributed by atoms with van der Waals surface area (Å²) < 4.78 is 15.9. The maximum absolute atomic E-state index is 12.7. The lowest BCUT2D eigenvalue weighted by atomic mass is 10.1. The van der Waals surface area contributed by atoms with E-state index in [1.807, 2.05) is 12.1 Å². The highest BCUT2D eigenvalue weighted by atomic mass is 16.5. The molecule has 1 saturated heterocycles. The van der Waals surface area contributed by atoms with Gasteiger partial charge in [0.1, 0.15) is 17.3 Å². The van der Waals surface area contributed by atoms with Gasteiger partial charge in [-0.25, -0.2) is 4.98 Å². The highest BCUT2D eigenvalue weighted by Crippen LogP contribution is 2.23. The maximum atomic E-state index is 12.7. The summed E-state index contributed by atoms with van der Waals surface area (Å²) in [7, 11) is 3.20. The Morgan fingerprint density at radius 3 is 2.54 bits per heavy atom. The molecule has 0 saturated carbocycles. The third-order valence-electron chi connectivity index (χ3n) is 4.21. The number of carbonyl (C=O) groups excluding carboxylic acids is 1. The quantitative estimate of drug-likeness (QED) is 0.851. The van der Waals surface area contributed by atoms with Crippen LogP contribution in [0.3, 0.4) is 0 Å². The number of methoxy groups -OCH3 is 2. The molecule has 1 N–H and O–H groups in total. The molecule has 2 heterocycles. The highest BCUT2D eigenvalue weighted by molar-refractivity contribution is 5.98. The Hall–Kier alpha value is -2.80. The molecule has 1 aliphatic rings. The van der Waals surface area contributed by atoms with Gasteiger partial charge in [0.05, 0.1) is 33.0 Å². The predicted octanol–water partition coefficient (Wildman–Crippen LogP) is 1.87. The number of aromatic nitrogens is 1. The largest absolute Gasteiger partial charge is 0.497 e. The summed E-state index contributed by atoms with van der Waals surface area (Å²) in [5.74, 6) is 1.89. The van der Waals surface area contributed by atoms with Crippen LogP contribution in [0.25, 0.3) is 0 Å². The van der Waals surface area contributed by atoms with Crippen molar-refractivity contribution in [2.24, 2.45) is 0 Å². The number of anilines is 1. The zero-order valence-electron chi connectivity index (χ0n) is 15.0. The highest BCUT2D eigenvalue weighted by Gasteiger charge is 2.19. The van der Waals surface area contributed by atoms with Gasteiger partial charge in [0, 0.05) is 31.9 Å². The van der Waals surface area contributed by atoms with E-state index in [9.17, 15) is 4.79 Å². The minimum atomic E-state index is -0.165. The van der Waals surface area contributed by atoms with Gasteiger partial charge >= 0.3 is 0 Å². The van der Waals surface area contributed by atoms with E-state index in [1.165, 1.54) is 0 Å². The summed E-state index contributed by atoms with van der Waals surface area (Å²) in [5, 5.41) is 2.95. The van der Waals surface area contributed by atoms with Gasteiger partial charge in [-0.2, -0.15) is 0 Å². The number of benzene rings is 1. The van der Waals surface area contributed by atoms with E-state index < -0.39 is 0 Å². The van der Waals surface area contributed by atoms with Crippen LogP contribution in [0.5, 0.6) is 11.5 Å². The van der Waals surface area contributed by atoms with E-state index in [1.54, 1.807) is 38.6 Å². The van der Waals surface area contributed by atoms with Crippen LogP contribution in [0.2, 0.25) is 0 Å². The second-order valence-electron chi connectivity index (χ2n) is 5.88. The Bertz CT molecular complexity index is 738. The second-order valence-corrected chi connectivity index (χ2v) is 5.88. The molecule has 0 radical (unpaired) electrons. The maximum Gasteiger partial charge on any atom is 0.255 e. The predicted molar refractivity (Wildman–Crippen MR) is 98.0 cm³/mol. The molecule has 1 aliphatic heterocycles. The third kappa shape index (κ3) is 4.23. The van der Waals surface area contributed by atoms with Gasteiger partial charge in [0.15, 0.2) is 0 Å². The normalized spacial score (nSPS) is 14.0. The van der Waals surface area contributed by atoms with Gasteiger partial charge < -0.3 is 24.4 Å². The summed E-state index contributed by atoms with van der Waals surface area (Å²) in [6.07, 6.45) is 1.70. The van der Waals surface area contributed by atoms with Crippen LogP contribution in [-0.2, 0) is 11.3 Å². The SMILES string of the molecule is COc1cc(CNC(=O)c2cccnc2N2CCOCC2)cc(OC)c1. The summed E-state index contributed by atoms with van der Waals surface area (Å²) >= 11 is 0. The van der Waals surface area contributed by atoms with E-state index in [0.717, 1.165) is 18.7 Å². The van der Waals surface area contributed by atoms with Crippen molar-refractivity contribution in [3.8, 4) is 11.5 Å². The Labute approximate surface area is 152 Å². The molecule has 0 unspecified atom stereocenters. The van der Waals surface area contributed by atoms with Crippen LogP contribution in [0.1, 0.15) is 15.9 Å². The first-order valence-electron chi connectivity index (χ1n) is 8.49. The summed E-state index contributed by atoms with van der Waals surface area (Å²) in [6.45, 7) is 3.10. The van der Waals surface area contributed by atoms with Crippen LogP contribution in [0.4, 0.5) is 5.82 Å². The van der Waals surface area contributed by atoms with Crippen LogP contribution in [0.15, 0.2) is 36.5 Å². The minimum Gasteiger partial charge on any atom is -0.497 e. The van der Waals surface area contributed by atoms with E-state index >= 15 is 0 Å². The van der Waals surface area contributed by atoms with Crippen molar-refractivity contribution in [1.82, 2.24) is 10.3 Å². The molecule has 2 aromatic rings. The topological polar surface area (TPSA) is 72.9 Å². The average molecular weight is 357 g/mol. The molecule has 0 spiro atoms. The number of morpholine rings is 1. The Kier molecular flexibility index (Phi) is 5.91. The number of nitrogens with one attached hydrogen (secondary N) is 1. The van der Waals surface area contributed by atoms with Crippen molar-refractivity contribution in [1.29, 1.82) is 0 Å². The Balaban J connectivity index is 1.73. The fourth-order valence-electron chi connectivity index (χ4n) is 2.85. The van der Waals surface area contributed by atoms with Gasteiger partial charge in [-0.15, -0.1) is 0 Å². The molecular weight excluding hydrogens is 334 g/mol. The zero-order valence-corrected chi connectivity index (χ0v) is 15.0. The number of amides is 1. The van der Waals surface area contributed by atoms with Crippen molar-refractivity contribution in [2.45, 2.75) is 6.54 Å². The van der Waals surface area contributed by atoms with E-state index in [4.69, 9.17) is 14.2 Å². The lowest BCUT2D eigenvalue weighted by Gasteiger charge is -2.29. The van der Waals surface area contributed by atoms with Crippen molar-refractivity contribution >= 4 is 11.7 Å². The second kappa shape index (κ2) is 8.53. The van der Waals surface area contributed by atoms with Crippen molar-refractivity contribution in [3.63, 3.8) is 0 Å². The summed E-state index contributed by atoms with van der Waals surface area (Å²) in [5.41, 5.74) is 1.45. The Morgan fingerprint density at radius 1 is 1.19 bits per heavy atom. The molecule has 1 aromatic carbocycles. The van der Waals surface area contributed by atoms with Crippen molar-refractivity contribution in [3.05, 3.63) is 47.7 Å². The molecule has 138 valence electrons. The zero-order chi connectivity index (χ0) is 18.4. The standard InChI is InChI=1S/C19H23N3O4/c1-24-15-10-14(11-16(12-15)25-2)13-21-19(23)17-4-3-5-20-18(17)22-6-8-26-9-7-22/h3-5,10-12H,6-9,13H2,1-2H3,(H,21,23). The first kappa shape index (κ1) is 18.0. The number of hydrogen-bond acceptors (Lipinski definition) is 6. The smallest absolute Gasteiger partial charge is 0.255 e. The lowest BCUT2D eigenvalue weighted by Crippen LogP contribution is -2.38. The Morgan fingerprint density at radius 2 is 1.88 bits per heavy atom. The molecule has 1 fully saturated rings. The molecule has 1 amide bonds. The van der Waals surface area contributed by atoms with E-state index in [-0.39, 0.29) is 5.91 Å². The first-order valence-corrected chi connectivity index (χ1v) is 8.49. The molecule has 0 aliphatic carbocycles. The molecule has 0 bridgehead atoms. The van der Waals surface area contributed by atoms with Gasteiger partial charge in [-0.05, 0) is 29.8 Å². The third-order valence-corrected chi connectivity index (χ3v) is 4.21. The molecule has 7 nitrogen and oxygen atoms in total. The van der Waals surface area contributed by atoms with Gasteiger partial charge in [-0.1, -0.05) is 0 Å². The number of rotatable bonds is 6. The minimum absolute atomic E-state index is 0.165. The first-order chi connectivity index (χ1) is 12.7. The van der Waals surface area contributed by atoms with Gasteiger partial charge in [-0.3, -0.25) is 4.79 Å². The molecule has 3 rings (SSSR count). The van der Waals surface area contributed by atoms with Crippen LogP contribution in [0, 0.1) is 0 Å². The van der Waals surface area contributed by atoms with Crippen molar-refractivity contribution in [2.75, 3.05) is 45.4 Å². The molecular formula is C19H23N3O4. The van der Waals surface area contributed by atoms with E-state index in [0.29, 0.717) is 42.6 Å². The lowest BCUT2D eigenvalue weighted by molar-refractivity contribution is 0.0949. The number of pyridine rings is 1. The molecule has 7 heteroatoms. The fourth-order valence-corrected chi connectivity index (χ4v) is 2.85. The van der Waals surface area contributed by atoms with Gasteiger partial charge in [0.25, 0.3) is 5.91 Å². The number of hydrogen-bond donors (Lipinski definition) is 1. The fraction of sp³-hybridized carbons (Fsp3) is 0.368. The monoisotopic (exact) mass is 357 g/mol. The number of carbonyl (C=O) groups is 1. The molecule has 26 heavy (non-hydrogen) atoms. The average Bonchev–Trinajstić information content (AvgIpc) is 2.72. The van der Waals surface area contributed by atoms with E-state index in [2.05, 4.69) is 15.2 Å². The molecule has 1 aromatic heterocycles. The summed E-state index contributed by atoms with van der Waals surface area (Å²) in [6, 6.07) is 9.10. The van der Waals surface area contributed by atoms with Gasteiger partial charge in [0.2, 0.25) is 0 Å². The number of nitrogens with zero attached hydrogens (tertiary/aromatic N) is 2. The molecule has 0 atom stereocenters. The van der Waals surface area contributed by atoms with Crippen LogP contribution in [-0.4, -0.2) is 51.4 Å². The van der Waals surface area contributed by atoms with Crippen LogP contribution >= 0.6 is 0 Å².